The van der Waals surface area contributed by atoms with Crippen LogP contribution in [0.1, 0.15) is 5.56 Å². The number of aromatic nitrogens is 2. The summed E-state index contributed by atoms with van der Waals surface area (Å²) in [6.45, 7) is -0.635. The molecule has 174 valence electrons. The zero-order valence-electron chi connectivity index (χ0n) is 17.7. The summed E-state index contributed by atoms with van der Waals surface area (Å²) in [7, 11) is -4.20. The molecule has 11 heteroatoms. The van der Waals surface area contributed by atoms with Crippen LogP contribution in [0.3, 0.4) is 0 Å². The van der Waals surface area contributed by atoms with Gasteiger partial charge in [-0.2, -0.15) is 0 Å². The Kier molecular flexibility index (Phi) is 7.56. The molecule has 34 heavy (non-hydrogen) atoms. The molecule has 0 fully saturated rings. The fraction of sp³-hybridized carbons (Fsp3) is 0.0870. The second-order valence-electron chi connectivity index (χ2n) is 6.97. The van der Waals surface area contributed by atoms with E-state index < -0.39 is 28.3 Å². The van der Waals surface area contributed by atoms with Crippen molar-refractivity contribution in [3.05, 3.63) is 96.3 Å². The molecule has 1 aromatic heterocycles. The SMILES string of the molecule is O=C(CN(c1ccccc1F)S(=O)(=O)c1ccccc1)Nc1nnc(SCc2ccccc2)s1. The lowest BCUT2D eigenvalue weighted by Gasteiger charge is -2.24. The second kappa shape index (κ2) is 10.8. The van der Waals surface area contributed by atoms with Crippen molar-refractivity contribution in [3.63, 3.8) is 0 Å². The minimum absolute atomic E-state index is 0.0541. The van der Waals surface area contributed by atoms with Crippen LogP contribution in [0.2, 0.25) is 0 Å². The minimum atomic E-state index is -4.20. The average molecular weight is 515 g/mol. The highest BCUT2D eigenvalue weighted by atomic mass is 32.2. The van der Waals surface area contributed by atoms with Crippen LogP contribution in [0.4, 0.5) is 15.2 Å². The molecule has 0 bridgehead atoms. The molecule has 1 heterocycles. The van der Waals surface area contributed by atoms with E-state index in [2.05, 4.69) is 15.5 Å². The Labute approximate surface area is 204 Å². The number of halogens is 1. The predicted molar refractivity (Wildman–Crippen MR) is 132 cm³/mol. The fourth-order valence-corrected chi connectivity index (χ4v) is 6.17. The lowest BCUT2D eigenvalue weighted by Crippen LogP contribution is -2.38. The van der Waals surface area contributed by atoms with Gasteiger partial charge >= 0.3 is 0 Å². The van der Waals surface area contributed by atoms with Crippen LogP contribution in [-0.4, -0.2) is 31.1 Å². The third kappa shape index (κ3) is 5.79. The van der Waals surface area contributed by atoms with Gasteiger partial charge in [0.1, 0.15) is 12.4 Å². The summed E-state index contributed by atoms with van der Waals surface area (Å²) in [4.78, 5) is 12.7. The number of amides is 1. The number of thioether (sulfide) groups is 1. The zero-order chi connectivity index (χ0) is 24.0. The molecule has 7 nitrogen and oxygen atoms in total. The largest absolute Gasteiger partial charge is 0.299 e. The first-order valence-corrected chi connectivity index (χ1v) is 13.3. The van der Waals surface area contributed by atoms with E-state index in [0.29, 0.717) is 10.1 Å². The van der Waals surface area contributed by atoms with E-state index in [4.69, 9.17) is 0 Å². The number of hydrogen-bond acceptors (Lipinski definition) is 7. The van der Waals surface area contributed by atoms with Gasteiger partial charge in [-0.05, 0) is 29.8 Å². The third-order valence-corrected chi connectivity index (χ3v) is 8.41. The van der Waals surface area contributed by atoms with Crippen molar-refractivity contribution < 1.29 is 17.6 Å². The van der Waals surface area contributed by atoms with Gasteiger partial charge in [0.25, 0.3) is 10.0 Å². The molecule has 0 aliphatic carbocycles. The van der Waals surface area contributed by atoms with Crippen molar-refractivity contribution in [2.24, 2.45) is 0 Å². The molecular weight excluding hydrogens is 495 g/mol. The second-order valence-corrected chi connectivity index (χ2v) is 11.0. The van der Waals surface area contributed by atoms with Crippen LogP contribution in [0.25, 0.3) is 0 Å². The summed E-state index contributed by atoms with van der Waals surface area (Å²) in [5, 5.41) is 10.8. The van der Waals surface area contributed by atoms with Gasteiger partial charge in [0.2, 0.25) is 11.0 Å². The van der Waals surface area contributed by atoms with E-state index in [-0.39, 0.29) is 15.7 Å². The first kappa shape index (κ1) is 23.9. The Balaban J connectivity index is 1.49. The standard InChI is InChI=1S/C23H19FN4O3S3/c24-19-13-7-8-14-20(19)28(34(30,31)18-11-5-2-6-12-18)15-21(29)25-22-26-27-23(33-22)32-16-17-9-3-1-4-10-17/h1-14H,15-16H2,(H,25,26,29). The Morgan fingerprint density at radius 2 is 1.59 bits per heavy atom. The predicted octanol–water partition coefficient (Wildman–Crippen LogP) is 4.80. The molecule has 0 atom stereocenters. The summed E-state index contributed by atoms with van der Waals surface area (Å²) in [6.07, 6.45) is 0. The third-order valence-electron chi connectivity index (χ3n) is 4.60. The number of rotatable bonds is 9. The average Bonchev–Trinajstić information content (AvgIpc) is 3.30. The maximum Gasteiger partial charge on any atom is 0.264 e. The molecule has 1 amide bonds. The molecule has 4 aromatic rings. The van der Waals surface area contributed by atoms with Gasteiger partial charge in [-0.3, -0.25) is 14.4 Å². The Bertz CT molecular complexity index is 1370. The molecule has 0 spiro atoms. The topological polar surface area (TPSA) is 92.3 Å². The van der Waals surface area contributed by atoms with Crippen LogP contribution < -0.4 is 9.62 Å². The van der Waals surface area contributed by atoms with Crippen molar-refractivity contribution in [2.75, 3.05) is 16.2 Å². The summed E-state index contributed by atoms with van der Waals surface area (Å²) in [6, 6.07) is 22.8. The van der Waals surface area contributed by atoms with Crippen molar-refractivity contribution in [2.45, 2.75) is 15.0 Å². The Morgan fingerprint density at radius 3 is 2.29 bits per heavy atom. The lowest BCUT2D eigenvalue weighted by atomic mass is 10.2. The number of carbonyl (C=O) groups excluding carboxylic acids is 1. The Hall–Kier alpha value is -3.28. The van der Waals surface area contributed by atoms with Gasteiger partial charge < -0.3 is 0 Å². The molecule has 4 rings (SSSR count). The van der Waals surface area contributed by atoms with Crippen LogP contribution in [-0.2, 0) is 20.6 Å². The number of hydrogen-bond donors (Lipinski definition) is 1. The highest BCUT2D eigenvalue weighted by Gasteiger charge is 2.29. The molecule has 0 saturated heterocycles. The molecule has 0 aliphatic rings. The zero-order valence-corrected chi connectivity index (χ0v) is 20.1. The number of sulfonamides is 1. The normalized spacial score (nSPS) is 11.2. The monoisotopic (exact) mass is 514 g/mol. The molecule has 0 aliphatic heterocycles. The lowest BCUT2D eigenvalue weighted by molar-refractivity contribution is -0.114. The van der Waals surface area contributed by atoms with Gasteiger partial charge in [0, 0.05) is 5.75 Å². The fourth-order valence-electron chi connectivity index (χ4n) is 3.00. The first-order chi connectivity index (χ1) is 16.4. The maximum absolute atomic E-state index is 14.5. The van der Waals surface area contributed by atoms with Crippen molar-refractivity contribution in [1.82, 2.24) is 10.2 Å². The summed E-state index contributed by atoms with van der Waals surface area (Å²) < 4.78 is 42.4. The van der Waals surface area contributed by atoms with Crippen LogP contribution in [0, 0.1) is 5.82 Å². The molecule has 0 radical (unpaired) electrons. The van der Waals surface area contributed by atoms with Crippen molar-refractivity contribution in [1.29, 1.82) is 0 Å². The summed E-state index contributed by atoms with van der Waals surface area (Å²) >= 11 is 2.65. The van der Waals surface area contributed by atoms with Gasteiger partial charge in [-0.15, -0.1) is 10.2 Å². The maximum atomic E-state index is 14.5. The molecule has 3 aromatic carbocycles. The van der Waals surface area contributed by atoms with Crippen LogP contribution >= 0.6 is 23.1 Å². The van der Waals surface area contributed by atoms with Gasteiger partial charge in [-0.1, -0.05) is 83.8 Å². The smallest absolute Gasteiger partial charge is 0.264 e. The number of nitrogens with one attached hydrogen (secondary N) is 1. The van der Waals surface area contributed by atoms with Crippen molar-refractivity contribution in [3.8, 4) is 0 Å². The minimum Gasteiger partial charge on any atom is -0.299 e. The quantitative estimate of drug-likeness (QED) is 0.255. The van der Waals surface area contributed by atoms with E-state index in [1.165, 1.54) is 53.4 Å². The highest BCUT2D eigenvalue weighted by Crippen LogP contribution is 2.29. The van der Waals surface area contributed by atoms with Crippen LogP contribution in [0.15, 0.2) is 94.2 Å². The number of nitrogens with zero attached hydrogens (tertiary/aromatic N) is 3. The van der Waals surface area contributed by atoms with Crippen LogP contribution in [0.5, 0.6) is 0 Å². The number of anilines is 2. The first-order valence-electron chi connectivity index (χ1n) is 10.1. The van der Waals surface area contributed by atoms with Gasteiger partial charge in [-0.25, -0.2) is 12.8 Å². The molecule has 1 N–H and O–H groups in total. The number of para-hydroxylation sites is 1. The van der Waals surface area contributed by atoms with E-state index in [1.807, 2.05) is 30.3 Å². The van der Waals surface area contributed by atoms with Crippen molar-refractivity contribution >= 4 is 49.8 Å². The van der Waals surface area contributed by atoms with Gasteiger partial charge in [0.05, 0.1) is 10.6 Å². The highest BCUT2D eigenvalue weighted by molar-refractivity contribution is 8.00. The number of carbonyl (C=O) groups is 1. The van der Waals surface area contributed by atoms with E-state index >= 15 is 0 Å². The number of benzene rings is 3. The summed E-state index contributed by atoms with van der Waals surface area (Å²) in [5.74, 6) is -0.733. The van der Waals surface area contributed by atoms with Gasteiger partial charge in [0.15, 0.2) is 4.34 Å². The van der Waals surface area contributed by atoms with E-state index in [0.717, 1.165) is 15.9 Å². The van der Waals surface area contributed by atoms with E-state index in [1.54, 1.807) is 18.2 Å². The Morgan fingerprint density at radius 1 is 0.941 bits per heavy atom. The summed E-state index contributed by atoms with van der Waals surface area (Å²) in [5.41, 5.74) is 0.901. The molecule has 0 saturated carbocycles. The molecular formula is C23H19FN4O3S3. The van der Waals surface area contributed by atoms with E-state index in [9.17, 15) is 17.6 Å². The molecule has 0 unspecified atom stereocenters.